The van der Waals surface area contributed by atoms with E-state index in [9.17, 15) is 14.4 Å². The highest BCUT2D eigenvalue weighted by Crippen LogP contribution is 2.28. The Labute approximate surface area is 122 Å². The maximum atomic E-state index is 12.0. The summed E-state index contributed by atoms with van der Waals surface area (Å²) in [7, 11) is 1.30. The summed E-state index contributed by atoms with van der Waals surface area (Å²) in [5, 5.41) is 8.87. The number of aromatic carboxylic acids is 1. The quantitative estimate of drug-likeness (QED) is 0.844. The van der Waals surface area contributed by atoms with Crippen molar-refractivity contribution >= 4 is 17.8 Å². The molecule has 0 radical (unpaired) electrons. The predicted molar refractivity (Wildman–Crippen MR) is 74.0 cm³/mol. The maximum absolute atomic E-state index is 12.0. The molecule has 1 heterocycles. The monoisotopic (exact) mass is 291 g/mol. The Morgan fingerprint density at radius 3 is 2.52 bits per heavy atom. The Bertz CT molecular complexity index is 552. The summed E-state index contributed by atoms with van der Waals surface area (Å²) in [5.74, 6) is -1.41. The van der Waals surface area contributed by atoms with E-state index in [1.165, 1.54) is 12.0 Å². The van der Waals surface area contributed by atoms with Gasteiger partial charge in [0.15, 0.2) is 0 Å². The summed E-state index contributed by atoms with van der Waals surface area (Å²) in [4.78, 5) is 35.5. The lowest BCUT2D eigenvalue weighted by molar-refractivity contribution is -0.148. The van der Waals surface area contributed by atoms with Gasteiger partial charge in [-0.05, 0) is 30.0 Å². The highest BCUT2D eigenvalue weighted by molar-refractivity contribution is 5.87. The van der Waals surface area contributed by atoms with Crippen LogP contribution in [0.2, 0.25) is 0 Å². The average molecular weight is 291 g/mol. The molecule has 2 rings (SSSR count). The molecule has 0 aliphatic carbocycles. The van der Waals surface area contributed by atoms with Gasteiger partial charge in [0.25, 0.3) is 0 Å². The third-order valence-corrected chi connectivity index (χ3v) is 3.70. The van der Waals surface area contributed by atoms with Gasteiger partial charge in [-0.25, -0.2) is 4.79 Å². The number of benzene rings is 1. The normalized spacial score (nSPS) is 18.4. The molecule has 1 fully saturated rings. The minimum absolute atomic E-state index is 0.0139. The number of hydrogen-bond donors (Lipinski definition) is 1. The molecule has 0 bridgehead atoms. The number of nitrogens with zero attached hydrogens (tertiary/aromatic N) is 1. The lowest BCUT2D eigenvalue weighted by atomic mass is 9.88. The maximum Gasteiger partial charge on any atom is 0.335 e. The fourth-order valence-electron chi connectivity index (χ4n) is 2.45. The van der Waals surface area contributed by atoms with Crippen LogP contribution in [0, 0.1) is 0 Å². The minimum Gasteiger partial charge on any atom is -0.478 e. The number of piperidine rings is 1. The zero-order chi connectivity index (χ0) is 15.4. The van der Waals surface area contributed by atoms with Crippen molar-refractivity contribution in [2.45, 2.75) is 18.8 Å². The second kappa shape index (κ2) is 6.39. The number of carboxylic acid groups (broad SMARTS) is 1. The first-order chi connectivity index (χ1) is 10.0. The van der Waals surface area contributed by atoms with E-state index in [-0.39, 0.29) is 23.9 Å². The van der Waals surface area contributed by atoms with Crippen LogP contribution in [0.4, 0.5) is 0 Å². The molecular formula is C15H17NO5. The number of methoxy groups -OCH3 is 1. The van der Waals surface area contributed by atoms with Gasteiger partial charge < -0.3 is 14.7 Å². The molecule has 112 valence electrons. The van der Waals surface area contributed by atoms with Crippen LogP contribution in [0.25, 0.3) is 0 Å². The summed E-state index contributed by atoms with van der Waals surface area (Å²) in [6.45, 7) is 0.485. The Morgan fingerprint density at radius 2 is 2.00 bits per heavy atom. The molecule has 1 atom stereocenters. The molecule has 0 spiro atoms. The van der Waals surface area contributed by atoms with E-state index in [0.29, 0.717) is 13.0 Å². The van der Waals surface area contributed by atoms with Crippen LogP contribution in [-0.2, 0) is 14.3 Å². The Balaban J connectivity index is 2.00. The summed E-state index contributed by atoms with van der Waals surface area (Å²) < 4.78 is 4.56. The Morgan fingerprint density at radius 1 is 1.33 bits per heavy atom. The van der Waals surface area contributed by atoms with Gasteiger partial charge in [0.05, 0.1) is 12.7 Å². The third-order valence-electron chi connectivity index (χ3n) is 3.70. The first kappa shape index (κ1) is 15.0. The predicted octanol–water partition coefficient (Wildman–Crippen LogP) is 1.26. The van der Waals surface area contributed by atoms with Gasteiger partial charge in [0, 0.05) is 13.0 Å². The van der Waals surface area contributed by atoms with Gasteiger partial charge in [-0.3, -0.25) is 9.59 Å². The van der Waals surface area contributed by atoms with Gasteiger partial charge in [-0.2, -0.15) is 0 Å². The molecule has 1 unspecified atom stereocenters. The van der Waals surface area contributed by atoms with E-state index in [1.54, 1.807) is 24.3 Å². The average Bonchev–Trinajstić information content (AvgIpc) is 2.49. The SMILES string of the molecule is COC(=O)CN1CCC(c2ccc(C(=O)O)cc2)CC1=O. The van der Waals surface area contributed by atoms with Crippen LogP contribution in [0.15, 0.2) is 24.3 Å². The number of rotatable bonds is 4. The van der Waals surface area contributed by atoms with E-state index in [2.05, 4.69) is 4.74 Å². The summed E-state index contributed by atoms with van der Waals surface area (Å²) in [5.41, 5.74) is 1.18. The van der Waals surface area contributed by atoms with Gasteiger partial charge in [-0.15, -0.1) is 0 Å². The Hall–Kier alpha value is -2.37. The standard InChI is InChI=1S/C15H17NO5/c1-21-14(18)9-16-7-6-12(8-13(16)17)10-2-4-11(5-3-10)15(19)20/h2-5,12H,6-9H2,1H3,(H,19,20). The first-order valence-electron chi connectivity index (χ1n) is 6.69. The number of likely N-dealkylation sites (tertiary alicyclic amines) is 1. The van der Waals surface area contributed by atoms with Crippen molar-refractivity contribution in [3.05, 3.63) is 35.4 Å². The zero-order valence-corrected chi connectivity index (χ0v) is 11.7. The van der Waals surface area contributed by atoms with Gasteiger partial charge in [-0.1, -0.05) is 12.1 Å². The lowest BCUT2D eigenvalue weighted by Gasteiger charge is -2.31. The highest BCUT2D eigenvalue weighted by atomic mass is 16.5. The Kier molecular flexibility index (Phi) is 4.57. The molecule has 1 N–H and O–H groups in total. The van der Waals surface area contributed by atoms with Crippen molar-refractivity contribution in [3.63, 3.8) is 0 Å². The fourth-order valence-corrected chi connectivity index (χ4v) is 2.45. The van der Waals surface area contributed by atoms with Gasteiger partial charge in [0.2, 0.25) is 5.91 Å². The van der Waals surface area contributed by atoms with E-state index < -0.39 is 11.9 Å². The summed E-state index contributed by atoms with van der Waals surface area (Å²) >= 11 is 0. The van der Waals surface area contributed by atoms with Crippen LogP contribution in [0.5, 0.6) is 0 Å². The van der Waals surface area contributed by atoms with Crippen molar-refractivity contribution < 1.29 is 24.2 Å². The highest BCUT2D eigenvalue weighted by Gasteiger charge is 2.28. The van der Waals surface area contributed by atoms with Crippen molar-refractivity contribution in [1.82, 2.24) is 4.90 Å². The molecule has 1 aliphatic rings. The van der Waals surface area contributed by atoms with Crippen LogP contribution >= 0.6 is 0 Å². The van der Waals surface area contributed by atoms with Crippen LogP contribution in [-0.4, -0.2) is 48.1 Å². The molecule has 6 nitrogen and oxygen atoms in total. The zero-order valence-electron chi connectivity index (χ0n) is 11.7. The third kappa shape index (κ3) is 3.59. The van der Waals surface area contributed by atoms with E-state index in [4.69, 9.17) is 5.11 Å². The first-order valence-corrected chi connectivity index (χ1v) is 6.69. The summed E-state index contributed by atoms with van der Waals surface area (Å²) in [6.07, 6.45) is 1.07. The smallest absolute Gasteiger partial charge is 0.335 e. The van der Waals surface area contributed by atoms with Crippen molar-refractivity contribution in [1.29, 1.82) is 0 Å². The van der Waals surface area contributed by atoms with Gasteiger partial charge in [0.1, 0.15) is 6.54 Å². The second-order valence-corrected chi connectivity index (χ2v) is 5.01. The van der Waals surface area contributed by atoms with E-state index >= 15 is 0 Å². The fraction of sp³-hybridized carbons (Fsp3) is 0.400. The van der Waals surface area contributed by atoms with E-state index in [0.717, 1.165) is 12.0 Å². The molecule has 1 amide bonds. The summed E-state index contributed by atoms with van der Waals surface area (Å²) in [6, 6.07) is 6.58. The largest absolute Gasteiger partial charge is 0.478 e. The van der Waals surface area contributed by atoms with Crippen LogP contribution in [0.3, 0.4) is 0 Å². The van der Waals surface area contributed by atoms with Crippen molar-refractivity contribution in [2.75, 3.05) is 20.2 Å². The minimum atomic E-state index is -0.967. The van der Waals surface area contributed by atoms with E-state index in [1.807, 2.05) is 0 Å². The number of hydrogen-bond acceptors (Lipinski definition) is 4. The molecule has 21 heavy (non-hydrogen) atoms. The van der Waals surface area contributed by atoms with Crippen LogP contribution in [0.1, 0.15) is 34.7 Å². The van der Waals surface area contributed by atoms with Crippen molar-refractivity contribution in [3.8, 4) is 0 Å². The van der Waals surface area contributed by atoms with Crippen molar-refractivity contribution in [2.24, 2.45) is 0 Å². The number of ether oxygens (including phenoxy) is 1. The molecule has 1 saturated heterocycles. The lowest BCUT2D eigenvalue weighted by Crippen LogP contribution is -2.41. The number of carboxylic acids is 1. The van der Waals surface area contributed by atoms with Gasteiger partial charge >= 0.3 is 11.9 Å². The molecule has 6 heteroatoms. The van der Waals surface area contributed by atoms with Crippen LogP contribution < -0.4 is 0 Å². The molecule has 1 aliphatic heterocycles. The topological polar surface area (TPSA) is 83.9 Å². The molecule has 0 saturated carbocycles. The molecule has 1 aromatic carbocycles. The second-order valence-electron chi connectivity index (χ2n) is 5.01. The number of carbonyl (C=O) groups is 3. The molecule has 1 aromatic rings. The molecule has 0 aromatic heterocycles. The molecular weight excluding hydrogens is 274 g/mol. The number of carbonyl (C=O) groups excluding carboxylic acids is 2. The number of amides is 1. The number of esters is 1.